The molecule has 1 aliphatic heterocycles. The third kappa shape index (κ3) is 3.27. The fourth-order valence-corrected chi connectivity index (χ4v) is 2.80. The number of nitrogens with zero attached hydrogens (tertiary/aromatic N) is 1. The van der Waals surface area contributed by atoms with Gasteiger partial charge in [-0.25, -0.2) is 0 Å². The summed E-state index contributed by atoms with van der Waals surface area (Å²) >= 11 is 0. The molecule has 2 aromatic rings. The Labute approximate surface area is 124 Å². The zero-order valence-corrected chi connectivity index (χ0v) is 12.3. The number of fused-ring (bicyclic) bond motifs is 1. The first-order valence-corrected chi connectivity index (χ1v) is 7.36. The molecule has 0 atom stereocenters. The molecule has 2 heterocycles. The van der Waals surface area contributed by atoms with Gasteiger partial charge in [-0.15, -0.1) is 0 Å². The average molecular weight is 284 g/mol. The fourth-order valence-electron chi connectivity index (χ4n) is 2.80. The molecule has 1 aromatic heterocycles. The molecule has 0 aliphatic carbocycles. The molecule has 0 radical (unpaired) electrons. The van der Waals surface area contributed by atoms with Gasteiger partial charge in [0.25, 0.3) is 0 Å². The topological polar surface area (TPSA) is 45.5 Å². The summed E-state index contributed by atoms with van der Waals surface area (Å²) in [5, 5.41) is 2.90. The van der Waals surface area contributed by atoms with E-state index in [1.165, 1.54) is 16.8 Å². The summed E-state index contributed by atoms with van der Waals surface area (Å²) in [6.45, 7) is 3.89. The number of carbonyl (C=O) groups excluding carboxylic acids is 1. The van der Waals surface area contributed by atoms with E-state index in [9.17, 15) is 4.79 Å². The number of furan rings is 1. The SMILES string of the molecule is Cc1ccc2c(c1)CCCN2CC(=O)NCc1ccco1. The number of rotatable bonds is 4. The van der Waals surface area contributed by atoms with E-state index in [2.05, 4.69) is 35.3 Å². The maximum Gasteiger partial charge on any atom is 0.239 e. The Kier molecular flexibility index (Phi) is 3.95. The Hall–Kier alpha value is -2.23. The number of hydrogen-bond donors (Lipinski definition) is 1. The number of nitrogens with one attached hydrogen (secondary N) is 1. The van der Waals surface area contributed by atoms with Crippen LogP contribution in [0.3, 0.4) is 0 Å². The Balaban J connectivity index is 1.62. The minimum Gasteiger partial charge on any atom is -0.467 e. The van der Waals surface area contributed by atoms with E-state index in [0.29, 0.717) is 13.1 Å². The van der Waals surface area contributed by atoms with Crippen LogP contribution in [0, 0.1) is 6.92 Å². The van der Waals surface area contributed by atoms with Crippen molar-refractivity contribution in [3.8, 4) is 0 Å². The molecular formula is C17H20N2O2. The van der Waals surface area contributed by atoms with E-state index < -0.39 is 0 Å². The first-order valence-electron chi connectivity index (χ1n) is 7.36. The van der Waals surface area contributed by atoms with Gasteiger partial charge in [0.05, 0.1) is 19.4 Å². The highest BCUT2D eigenvalue weighted by atomic mass is 16.3. The lowest BCUT2D eigenvalue weighted by Gasteiger charge is -2.31. The van der Waals surface area contributed by atoms with Gasteiger partial charge in [0, 0.05) is 12.2 Å². The number of amides is 1. The minimum atomic E-state index is 0.0276. The van der Waals surface area contributed by atoms with E-state index in [1.54, 1.807) is 6.26 Å². The van der Waals surface area contributed by atoms with Crippen LogP contribution in [0.15, 0.2) is 41.0 Å². The van der Waals surface area contributed by atoms with Gasteiger partial charge in [0.15, 0.2) is 0 Å². The molecule has 110 valence electrons. The van der Waals surface area contributed by atoms with Crippen LogP contribution in [0.2, 0.25) is 0 Å². The molecule has 4 heteroatoms. The zero-order chi connectivity index (χ0) is 14.7. The van der Waals surface area contributed by atoms with Crippen molar-refractivity contribution in [2.24, 2.45) is 0 Å². The van der Waals surface area contributed by atoms with Crippen LogP contribution in [0.25, 0.3) is 0 Å². The zero-order valence-electron chi connectivity index (χ0n) is 12.3. The molecule has 1 aromatic carbocycles. The van der Waals surface area contributed by atoms with Crippen molar-refractivity contribution in [1.29, 1.82) is 0 Å². The summed E-state index contributed by atoms with van der Waals surface area (Å²) < 4.78 is 5.21. The second-order valence-corrected chi connectivity index (χ2v) is 5.51. The first-order chi connectivity index (χ1) is 10.2. The van der Waals surface area contributed by atoms with E-state index >= 15 is 0 Å². The van der Waals surface area contributed by atoms with Crippen LogP contribution in [-0.4, -0.2) is 19.0 Å². The van der Waals surface area contributed by atoms with Crippen LogP contribution < -0.4 is 10.2 Å². The van der Waals surface area contributed by atoms with Gasteiger partial charge in [0.2, 0.25) is 5.91 Å². The summed E-state index contributed by atoms with van der Waals surface area (Å²) in [6, 6.07) is 10.1. The van der Waals surface area contributed by atoms with Crippen molar-refractivity contribution in [1.82, 2.24) is 5.32 Å². The number of aryl methyl sites for hydroxylation is 2. The largest absolute Gasteiger partial charge is 0.467 e. The quantitative estimate of drug-likeness (QED) is 0.939. The first kappa shape index (κ1) is 13.7. The smallest absolute Gasteiger partial charge is 0.239 e. The van der Waals surface area contributed by atoms with Crippen LogP contribution >= 0.6 is 0 Å². The Morgan fingerprint density at radius 3 is 3.10 bits per heavy atom. The molecule has 0 fully saturated rings. The van der Waals surface area contributed by atoms with Gasteiger partial charge < -0.3 is 14.6 Å². The van der Waals surface area contributed by atoms with Crippen molar-refractivity contribution in [2.75, 3.05) is 18.0 Å². The maximum absolute atomic E-state index is 12.1. The fraction of sp³-hybridized carbons (Fsp3) is 0.353. The summed E-state index contributed by atoms with van der Waals surface area (Å²) in [6.07, 6.45) is 3.81. The maximum atomic E-state index is 12.1. The van der Waals surface area contributed by atoms with Crippen molar-refractivity contribution < 1.29 is 9.21 Å². The summed E-state index contributed by atoms with van der Waals surface area (Å²) in [5.74, 6) is 0.804. The van der Waals surface area contributed by atoms with E-state index in [-0.39, 0.29) is 5.91 Å². The molecule has 0 bridgehead atoms. The molecule has 0 saturated carbocycles. The van der Waals surface area contributed by atoms with Crippen LogP contribution in [0.1, 0.15) is 23.3 Å². The van der Waals surface area contributed by atoms with E-state index in [1.807, 2.05) is 12.1 Å². The normalized spacial score (nSPS) is 13.9. The Bertz CT molecular complexity index is 620. The molecular weight excluding hydrogens is 264 g/mol. The van der Waals surface area contributed by atoms with Crippen molar-refractivity contribution in [2.45, 2.75) is 26.3 Å². The molecule has 3 rings (SSSR count). The lowest BCUT2D eigenvalue weighted by atomic mass is 9.99. The molecule has 0 spiro atoms. The predicted molar refractivity (Wildman–Crippen MR) is 82.3 cm³/mol. The molecule has 1 N–H and O–H groups in total. The number of benzene rings is 1. The third-order valence-corrected chi connectivity index (χ3v) is 3.82. The van der Waals surface area contributed by atoms with Crippen molar-refractivity contribution >= 4 is 11.6 Å². The van der Waals surface area contributed by atoms with Gasteiger partial charge in [-0.3, -0.25) is 4.79 Å². The van der Waals surface area contributed by atoms with Gasteiger partial charge in [0.1, 0.15) is 5.76 Å². The average Bonchev–Trinajstić information content (AvgIpc) is 2.98. The second kappa shape index (κ2) is 6.04. The molecule has 1 aliphatic rings. The van der Waals surface area contributed by atoms with Gasteiger partial charge in [-0.1, -0.05) is 17.7 Å². The monoisotopic (exact) mass is 284 g/mol. The molecule has 0 saturated heterocycles. The summed E-state index contributed by atoms with van der Waals surface area (Å²) in [4.78, 5) is 14.3. The number of carbonyl (C=O) groups is 1. The molecule has 4 nitrogen and oxygen atoms in total. The lowest BCUT2D eigenvalue weighted by Crippen LogP contribution is -2.39. The number of anilines is 1. The lowest BCUT2D eigenvalue weighted by molar-refractivity contribution is -0.120. The third-order valence-electron chi connectivity index (χ3n) is 3.82. The van der Waals surface area contributed by atoms with Crippen LogP contribution in [0.4, 0.5) is 5.69 Å². The highest BCUT2D eigenvalue weighted by molar-refractivity contribution is 5.81. The van der Waals surface area contributed by atoms with Gasteiger partial charge in [-0.05, 0) is 43.5 Å². The standard InChI is InChI=1S/C17H20N2O2/c1-13-6-7-16-14(10-13)4-2-8-19(16)12-17(20)18-11-15-5-3-9-21-15/h3,5-7,9-10H,2,4,8,11-12H2,1H3,(H,18,20). The van der Waals surface area contributed by atoms with Crippen molar-refractivity contribution in [3.63, 3.8) is 0 Å². The van der Waals surface area contributed by atoms with Crippen LogP contribution in [0.5, 0.6) is 0 Å². The van der Waals surface area contributed by atoms with Gasteiger partial charge >= 0.3 is 0 Å². The summed E-state index contributed by atoms with van der Waals surface area (Å²) in [7, 11) is 0. The minimum absolute atomic E-state index is 0.0276. The molecule has 1 amide bonds. The second-order valence-electron chi connectivity index (χ2n) is 5.51. The molecule has 21 heavy (non-hydrogen) atoms. The summed E-state index contributed by atoms with van der Waals surface area (Å²) in [5.41, 5.74) is 3.82. The Morgan fingerprint density at radius 1 is 1.38 bits per heavy atom. The Morgan fingerprint density at radius 2 is 2.29 bits per heavy atom. The van der Waals surface area contributed by atoms with E-state index in [0.717, 1.165) is 25.1 Å². The van der Waals surface area contributed by atoms with Crippen LogP contribution in [-0.2, 0) is 17.8 Å². The van der Waals surface area contributed by atoms with E-state index in [4.69, 9.17) is 4.42 Å². The number of hydrogen-bond acceptors (Lipinski definition) is 3. The van der Waals surface area contributed by atoms with Crippen molar-refractivity contribution in [3.05, 3.63) is 53.5 Å². The molecule has 0 unspecified atom stereocenters. The highest BCUT2D eigenvalue weighted by Crippen LogP contribution is 2.27. The van der Waals surface area contributed by atoms with Gasteiger partial charge in [-0.2, -0.15) is 0 Å². The predicted octanol–water partition coefficient (Wildman–Crippen LogP) is 2.66. The highest BCUT2D eigenvalue weighted by Gasteiger charge is 2.19.